The molecule has 1 aliphatic heterocycles. The number of nitrogens with zero attached hydrogens (tertiary/aromatic N) is 2. The average molecular weight is 391 g/mol. The van der Waals surface area contributed by atoms with Gasteiger partial charge in [0.25, 0.3) is 0 Å². The van der Waals surface area contributed by atoms with Gasteiger partial charge in [0.05, 0.1) is 22.7 Å². The zero-order chi connectivity index (χ0) is 19.2. The van der Waals surface area contributed by atoms with Crippen LogP contribution in [0.3, 0.4) is 0 Å². The van der Waals surface area contributed by atoms with E-state index >= 15 is 0 Å². The van der Waals surface area contributed by atoms with Gasteiger partial charge in [-0.05, 0) is 24.5 Å². The molecule has 3 heterocycles. The molecule has 0 aliphatic carbocycles. The van der Waals surface area contributed by atoms with E-state index in [0.29, 0.717) is 36.0 Å². The smallest absolute Gasteiger partial charge is 0.417 e. The summed E-state index contributed by atoms with van der Waals surface area (Å²) < 4.78 is 38.2. The predicted octanol–water partition coefficient (Wildman–Crippen LogP) is 2.44. The molecular weight excluding hydrogens is 370 g/mol. The van der Waals surface area contributed by atoms with Crippen molar-refractivity contribution in [1.29, 1.82) is 0 Å². The van der Waals surface area contributed by atoms with Crippen LogP contribution in [-0.4, -0.2) is 29.2 Å². The van der Waals surface area contributed by atoms with Gasteiger partial charge < -0.3 is 8.83 Å². The lowest BCUT2D eigenvalue weighted by Crippen LogP contribution is -2.35. The summed E-state index contributed by atoms with van der Waals surface area (Å²) in [4.78, 5) is 18.4. The number of H-pyrrole nitrogens is 1. The van der Waals surface area contributed by atoms with E-state index in [1.807, 2.05) is 0 Å². The third kappa shape index (κ3) is 3.44. The average Bonchev–Trinajstić information content (AvgIpc) is 3.20. The Balaban J connectivity index is 1.58. The van der Waals surface area contributed by atoms with Crippen molar-refractivity contribution in [3.8, 4) is 0 Å². The molecule has 0 unspecified atom stereocenters. The molecule has 9 heteroatoms. The number of sulfonamides is 1. The van der Waals surface area contributed by atoms with E-state index in [-0.39, 0.29) is 17.0 Å². The van der Waals surface area contributed by atoms with Crippen LogP contribution < -0.4 is 5.76 Å². The maximum atomic E-state index is 13.0. The number of nitrogens with one attached hydrogen (secondary N) is 1. The van der Waals surface area contributed by atoms with Crippen molar-refractivity contribution >= 4 is 21.1 Å². The van der Waals surface area contributed by atoms with Gasteiger partial charge in [-0.25, -0.2) is 18.2 Å². The Labute approximate surface area is 156 Å². The van der Waals surface area contributed by atoms with Crippen molar-refractivity contribution in [2.75, 3.05) is 6.54 Å². The molecular formula is C18H21N3O5S. The van der Waals surface area contributed by atoms with Gasteiger partial charge in [-0.15, -0.1) is 0 Å². The minimum Gasteiger partial charge on any atom is -0.445 e. The Kier molecular flexibility index (Phi) is 4.43. The molecule has 0 saturated carbocycles. The molecule has 0 radical (unpaired) electrons. The summed E-state index contributed by atoms with van der Waals surface area (Å²) in [7, 11) is -3.73. The lowest BCUT2D eigenvalue weighted by atomic mass is 10.1. The van der Waals surface area contributed by atoms with Gasteiger partial charge in [0, 0.05) is 25.5 Å². The molecule has 0 spiro atoms. The van der Waals surface area contributed by atoms with Crippen LogP contribution in [0.1, 0.15) is 37.6 Å². The summed E-state index contributed by atoms with van der Waals surface area (Å²) in [6.07, 6.45) is 2.22. The highest BCUT2D eigenvalue weighted by molar-refractivity contribution is 7.89. The van der Waals surface area contributed by atoms with E-state index in [2.05, 4.69) is 23.8 Å². The standard InChI is InChI=1S/C18H21N3O5S/c1-11(2)3-6-17-19-14-10-21(8-7-15(14)25-17)27(23,24)12-4-5-13-16(9-12)26-18(22)20-13/h4-5,9,11H,3,6-8,10H2,1-2H3,(H,20,22). The number of aromatic amines is 1. The van der Waals surface area contributed by atoms with Crippen molar-refractivity contribution < 1.29 is 17.3 Å². The maximum Gasteiger partial charge on any atom is 0.417 e. The Morgan fingerprint density at radius 3 is 2.89 bits per heavy atom. The number of oxazole rings is 2. The first kappa shape index (κ1) is 18.0. The second kappa shape index (κ2) is 6.65. The molecule has 0 fully saturated rings. The van der Waals surface area contributed by atoms with Crippen LogP contribution in [0.25, 0.3) is 11.1 Å². The minimum atomic E-state index is -3.73. The molecule has 144 valence electrons. The second-order valence-electron chi connectivity index (χ2n) is 7.17. The molecule has 8 nitrogen and oxygen atoms in total. The molecule has 0 atom stereocenters. The Morgan fingerprint density at radius 1 is 1.30 bits per heavy atom. The van der Waals surface area contributed by atoms with Crippen LogP contribution in [0.2, 0.25) is 0 Å². The van der Waals surface area contributed by atoms with Crippen LogP contribution in [-0.2, 0) is 29.4 Å². The minimum absolute atomic E-state index is 0.0877. The number of hydrogen-bond donors (Lipinski definition) is 1. The number of aryl methyl sites for hydroxylation is 1. The lowest BCUT2D eigenvalue weighted by Gasteiger charge is -2.24. The van der Waals surface area contributed by atoms with Gasteiger partial charge in [0.1, 0.15) is 5.76 Å². The summed E-state index contributed by atoms with van der Waals surface area (Å²) in [5.41, 5.74) is 1.36. The van der Waals surface area contributed by atoms with Crippen LogP contribution in [0, 0.1) is 5.92 Å². The zero-order valence-corrected chi connectivity index (χ0v) is 16.0. The summed E-state index contributed by atoms with van der Waals surface area (Å²) in [5.74, 6) is 1.38. The quantitative estimate of drug-likeness (QED) is 0.715. The zero-order valence-electron chi connectivity index (χ0n) is 15.2. The Bertz CT molecular complexity index is 1140. The van der Waals surface area contributed by atoms with Crippen molar-refractivity contribution in [2.45, 2.75) is 44.6 Å². The van der Waals surface area contributed by atoms with Crippen molar-refractivity contribution in [3.05, 3.63) is 46.1 Å². The molecule has 27 heavy (non-hydrogen) atoms. The first-order chi connectivity index (χ1) is 12.8. The highest BCUT2D eigenvalue weighted by Gasteiger charge is 2.31. The summed E-state index contributed by atoms with van der Waals surface area (Å²) in [5, 5.41) is 0. The fourth-order valence-electron chi connectivity index (χ4n) is 3.19. The van der Waals surface area contributed by atoms with E-state index in [1.54, 1.807) is 0 Å². The molecule has 1 aromatic carbocycles. The van der Waals surface area contributed by atoms with Gasteiger partial charge in [-0.1, -0.05) is 13.8 Å². The first-order valence-electron chi connectivity index (χ1n) is 8.93. The van der Waals surface area contributed by atoms with Crippen LogP contribution in [0.4, 0.5) is 0 Å². The summed E-state index contributed by atoms with van der Waals surface area (Å²) in [6.45, 7) is 4.78. The first-order valence-corrected chi connectivity index (χ1v) is 10.4. The van der Waals surface area contributed by atoms with Crippen molar-refractivity contribution in [2.24, 2.45) is 5.92 Å². The highest BCUT2D eigenvalue weighted by Crippen LogP contribution is 2.27. The molecule has 4 rings (SSSR count). The van der Waals surface area contributed by atoms with Crippen molar-refractivity contribution in [1.82, 2.24) is 14.3 Å². The second-order valence-corrected chi connectivity index (χ2v) is 9.11. The van der Waals surface area contributed by atoms with Crippen molar-refractivity contribution in [3.63, 3.8) is 0 Å². The fourth-order valence-corrected chi connectivity index (χ4v) is 4.61. The molecule has 0 bridgehead atoms. The Hall–Kier alpha value is -2.39. The Morgan fingerprint density at radius 2 is 2.11 bits per heavy atom. The SMILES string of the molecule is CC(C)CCc1nc2c(o1)CCN(S(=O)(=O)c1ccc3[nH]c(=O)oc3c1)C2. The third-order valence-electron chi connectivity index (χ3n) is 4.70. The molecule has 0 saturated heterocycles. The maximum absolute atomic E-state index is 13.0. The largest absolute Gasteiger partial charge is 0.445 e. The number of benzene rings is 1. The normalized spacial score (nSPS) is 15.5. The predicted molar refractivity (Wildman–Crippen MR) is 97.8 cm³/mol. The third-order valence-corrected chi connectivity index (χ3v) is 6.54. The molecule has 1 aliphatic rings. The van der Waals surface area contributed by atoms with E-state index < -0.39 is 15.8 Å². The van der Waals surface area contributed by atoms with Crippen LogP contribution >= 0.6 is 0 Å². The van der Waals surface area contributed by atoms with Crippen LogP contribution in [0.15, 0.2) is 36.7 Å². The number of fused-ring (bicyclic) bond motifs is 2. The summed E-state index contributed by atoms with van der Waals surface area (Å²) >= 11 is 0. The van der Waals surface area contributed by atoms with E-state index in [9.17, 15) is 13.2 Å². The van der Waals surface area contributed by atoms with Gasteiger partial charge in [0.2, 0.25) is 10.0 Å². The van der Waals surface area contributed by atoms with Gasteiger partial charge in [-0.3, -0.25) is 4.98 Å². The molecule has 0 amide bonds. The van der Waals surface area contributed by atoms with Gasteiger partial charge >= 0.3 is 5.76 Å². The van der Waals surface area contributed by atoms with Crippen LogP contribution in [0.5, 0.6) is 0 Å². The molecule has 2 aromatic heterocycles. The van der Waals surface area contributed by atoms with Gasteiger partial charge in [-0.2, -0.15) is 4.31 Å². The fraction of sp³-hybridized carbons (Fsp3) is 0.444. The molecule has 1 N–H and O–H groups in total. The monoisotopic (exact) mass is 391 g/mol. The number of aromatic nitrogens is 2. The van der Waals surface area contributed by atoms with E-state index in [4.69, 9.17) is 8.83 Å². The summed E-state index contributed by atoms with van der Waals surface area (Å²) in [6, 6.07) is 4.37. The van der Waals surface area contributed by atoms with Gasteiger partial charge in [0.15, 0.2) is 11.5 Å². The lowest BCUT2D eigenvalue weighted by molar-refractivity contribution is 0.354. The van der Waals surface area contributed by atoms with E-state index in [1.165, 1.54) is 22.5 Å². The van der Waals surface area contributed by atoms with E-state index in [0.717, 1.165) is 18.6 Å². The number of hydrogen-bond acceptors (Lipinski definition) is 6. The number of rotatable bonds is 5. The molecule has 3 aromatic rings. The highest BCUT2D eigenvalue weighted by atomic mass is 32.2. The topological polar surface area (TPSA) is 109 Å².